The van der Waals surface area contributed by atoms with Crippen LogP contribution in [0.4, 0.5) is 0 Å². The summed E-state index contributed by atoms with van der Waals surface area (Å²) >= 11 is 1.66. The summed E-state index contributed by atoms with van der Waals surface area (Å²) < 4.78 is 0. The summed E-state index contributed by atoms with van der Waals surface area (Å²) in [5.41, 5.74) is 6.59. The van der Waals surface area contributed by atoms with E-state index in [1.54, 1.807) is 17.4 Å². The van der Waals surface area contributed by atoms with Gasteiger partial charge in [-0.2, -0.15) is 0 Å². The van der Waals surface area contributed by atoms with E-state index in [9.17, 15) is 0 Å². The molecular weight excluding hydrogens is 335 g/mol. The number of nitrogens with two attached hydrogens (primary N) is 1. The molecule has 0 spiro atoms. The number of hydrogen-bond donors (Lipinski definition) is 2. The van der Waals surface area contributed by atoms with Crippen molar-refractivity contribution in [2.24, 2.45) is 10.7 Å². The Kier molecular flexibility index (Phi) is 8.18. The summed E-state index contributed by atoms with van der Waals surface area (Å²) in [5, 5.41) is 6.06. The fourth-order valence-corrected chi connectivity index (χ4v) is 1.72. The Labute approximate surface area is 117 Å². The number of halogens is 1. The van der Waals surface area contributed by atoms with Crippen LogP contribution in [0.25, 0.3) is 0 Å². The van der Waals surface area contributed by atoms with Gasteiger partial charge in [0.15, 0.2) is 5.96 Å². The zero-order valence-electron chi connectivity index (χ0n) is 9.27. The zero-order chi connectivity index (χ0) is 11.1. The lowest BCUT2D eigenvalue weighted by atomic mass is 10.5. The molecule has 1 aromatic rings. The molecule has 0 aliphatic carbocycles. The van der Waals surface area contributed by atoms with E-state index in [1.165, 1.54) is 0 Å². The molecule has 0 radical (unpaired) electrons. The molecule has 6 heteroatoms. The highest BCUT2D eigenvalue weighted by Crippen LogP contribution is 2.10. The van der Waals surface area contributed by atoms with Crippen molar-refractivity contribution in [3.8, 4) is 0 Å². The van der Waals surface area contributed by atoms with E-state index in [-0.39, 0.29) is 24.0 Å². The maximum absolute atomic E-state index is 5.61. The summed E-state index contributed by atoms with van der Waals surface area (Å²) in [6, 6.07) is 0. The van der Waals surface area contributed by atoms with Gasteiger partial charge in [-0.15, -0.1) is 41.9 Å². The number of rotatable bonds is 5. The van der Waals surface area contributed by atoms with Crippen LogP contribution in [0.2, 0.25) is 0 Å². The van der Waals surface area contributed by atoms with Crippen molar-refractivity contribution >= 4 is 41.3 Å². The number of aliphatic imine (C=N–C) groups is 1. The van der Waals surface area contributed by atoms with E-state index in [2.05, 4.69) is 28.8 Å². The molecule has 0 fully saturated rings. The van der Waals surface area contributed by atoms with E-state index in [0.29, 0.717) is 19.0 Å². The SMILES string of the molecule is C=CCNC(N)=NCc1csc(CC)n1.I. The smallest absolute Gasteiger partial charge is 0.189 e. The van der Waals surface area contributed by atoms with Gasteiger partial charge in [-0.05, 0) is 6.42 Å². The van der Waals surface area contributed by atoms with Crippen molar-refractivity contribution < 1.29 is 0 Å². The molecule has 1 aromatic heterocycles. The third kappa shape index (κ3) is 5.45. The van der Waals surface area contributed by atoms with Crippen LogP contribution in [0.1, 0.15) is 17.6 Å². The molecule has 0 saturated heterocycles. The lowest BCUT2D eigenvalue weighted by Gasteiger charge is -2.00. The van der Waals surface area contributed by atoms with Crippen molar-refractivity contribution in [3.63, 3.8) is 0 Å². The van der Waals surface area contributed by atoms with Gasteiger partial charge < -0.3 is 11.1 Å². The van der Waals surface area contributed by atoms with Gasteiger partial charge in [0.05, 0.1) is 17.2 Å². The molecule has 90 valence electrons. The number of aryl methyl sites for hydroxylation is 1. The fraction of sp³-hybridized carbons (Fsp3) is 0.400. The summed E-state index contributed by atoms with van der Waals surface area (Å²) in [6.45, 7) is 6.84. The lowest BCUT2D eigenvalue weighted by Crippen LogP contribution is -2.31. The first-order valence-corrected chi connectivity index (χ1v) is 5.72. The highest BCUT2D eigenvalue weighted by atomic mass is 127. The predicted molar refractivity (Wildman–Crippen MR) is 80.4 cm³/mol. The largest absolute Gasteiger partial charge is 0.370 e. The van der Waals surface area contributed by atoms with Crippen LogP contribution in [0.3, 0.4) is 0 Å². The lowest BCUT2D eigenvalue weighted by molar-refractivity contribution is 0.935. The van der Waals surface area contributed by atoms with E-state index in [0.717, 1.165) is 17.1 Å². The predicted octanol–water partition coefficient (Wildman–Crippen LogP) is 1.91. The average molecular weight is 352 g/mol. The van der Waals surface area contributed by atoms with Gasteiger partial charge >= 0.3 is 0 Å². The van der Waals surface area contributed by atoms with Gasteiger partial charge in [-0.1, -0.05) is 13.0 Å². The van der Waals surface area contributed by atoms with Crippen molar-refractivity contribution in [3.05, 3.63) is 28.7 Å². The number of hydrogen-bond acceptors (Lipinski definition) is 3. The minimum absolute atomic E-state index is 0. The molecule has 0 unspecified atom stereocenters. The van der Waals surface area contributed by atoms with E-state index < -0.39 is 0 Å². The van der Waals surface area contributed by atoms with Crippen molar-refractivity contribution in [1.82, 2.24) is 10.3 Å². The van der Waals surface area contributed by atoms with Gasteiger partial charge in [-0.3, -0.25) is 0 Å². The van der Waals surface area contributed by atoms with E-state index >= 15 is 0 Å². The summed E-state index contributed by atoms with van der Waals surface area (Å²) in [5.74, 6) is 0.431. The Morgan fingerprint density at radius 2 is 2.50 bits per heavy atom. The molecule has 4 nitrogen and oxygen atoms in total. The van der Waals surface area contributed by atoms with Crippen LogP contribution in [0.5, 0.6) is 0 Å². The van der Waals surface area contributed by atoms with Gasteiger partial charge in [0.25, 0.3) is 0 Å². The highest BCUT2D eigenvalue weighted by Gasteiger charge is 1.98. The maximum atomic E-state index is 5.61. The third-order valence-corrected chi connectivity index (χ3v) is 2.78. The van der Waals surface area contributed by atoms with Gasteiger partial charge in [0, 0.05) is 11.9 Å². The molecule has 0 saturated carbocycles. The normalized spacial score (nSPS) is 10.7. The van der Waals surface area contributed by atoms with Crippen LogP contribution >= 0.6 is 35.3 Å². The molecule has 0 atom stereocenters. The standard InChI is InChI=1S/C10H16N4S.HI/c1-3-5-12-10(11)13-6-8-7-15-9(4-2)14-8;/h3,7H,1,4-6H2,2H3,(H3,11,12,13);1H. The number of nitrogens with one attached hydrogen (secondary N) is 1. The Morgan fingerprint density at radius 3 is 3.06 bits per heavy atom. The van der Waals surface area contributed by atoms with Crippen LogP contribution in [0, 0.1) is 0 Å². The molecule has 1 heterocycles. The van der Waals surface area contributed by atoms with Crippen molar-refractivity contribution in [1.29, 1.82) is 0 Å². The second kappa shape index (κ2) is 8.51. The monoisotopic (exact) mass is 352 g/mol. The van der Waals surface area contributed by atoms with Crippen molar-refractivity contribution in [2.75, 3.05) is 6.54 Å². The molecule has 16 heavy (non-hydrogen) atoms. The number of thiazole rings is 1. The second-order valence-electron chi connectivity index (χ2n) is 2.96. The average Bonchev–Trinajstić information content (AvgIpc) is 2.71. The number of nitrogens with zero attached hydrogens (tertiary/aromatic N) is 2. The molecule has 0 aromatic carbocycles. The topological polar surface area (TPSA) is 63.3 Å². The molecule has 0 aliphatic rings. The minimum atomic E-state index is 0. The highest BCUT2D eigenvalue weighted by molar-refractivity contribution is 14.0. The quantitative estimate of drug-likeness (QED) is 0.368. The Hall–Kier alpha value is -0.630. The van der Waals surface area contributed by atoms with E-state index in [4.69, 9.17) is 5.73 Å². The Morgan fingerprint density at radius 1 is 1.75 bits per heavy atom. The molecule has 0 bridgehead atoms. The van der Waals surface area contributed by atoms with Crippen LogP contribution < -0.4 is 11.1 Å². The first-order valence-electron chi connectivity index (χ1n) is 4.84. The minimum Gasteiger partial charge on any atom is -0.370 e. The summed E-state index contributed by atoms with van der Waals surface area (Å²) in [4.78, 5) is 8.55. The fourth-order valence-electron chi connectivity index (χ4n) is 0.983. The Bertz CT molecular complexity index is 348. The molecule has 3 N–H and O–H groups in total. The summed E-state index contributed by atoms with van der Waals surface area (Å²) in [6.07, 6.45) is 2.71. The zero-order valence-corrected chi connectivity index (χ0v) is 12.4. The van der Waals surface area contributed by atoms with Crippen LogP contribution in [-0.4, -0.2) is 17.5 Å². The second-order valence-corrected chi connectivity index (χ2v) is 3.90. The summed E-state index contributed by atoms with van der Waals surface area (Å²) in [7, 11) is 0. The first kappa shape index (κ1) is 15.4. The van der Waals surface area contributed by atoms with Gasteiger partial charge in [0.1, 0.15) is 0 Å². The van der Waals surface area contributed by atoms with Crippen molar-refractivity contribution in [2.45, 2.75) is 19.9 Å². The molecular formula is C10H17IN4S. The number of guanidine groups is 1. The van der Waals surface area contributed by atoms with Gasteiger partial charge in [0.2, 0.25) is 0 Å². The maximum Gasteiger partial charge on any atom is 0.189 e. The third-order valence-electron chi connectivity index (χ3n) is 1.74. The first-order chi connectivity index (χ1) is 7.26. The van der Waals surface area contributed by atoms with Crippen LogP contribution in [0.15, 0.2) is 23.0 Å². The number of aromatic nitrogens is 1. The van der Waals surface area contributed by atoms with E-state index in [1.807, 2.05) is 5.38 Å². The van der Waals surface area contributed by atoms with Crippen LogP contribution in [-0.2, 0) is 13.0 Å². The molecule has 1 rings (SSSR count). The van der Waals surface area contributed by atoms with Gasteiger partial charge in [-0.25, -0.2) is 9.98 Å². The molecule has 0 amide bonds. The molecule has 0 aliphatic heterocycles. The Balaban J connectivity index is 0.00000225.